The zero-order valence-corrected chi connectivity index (χ0v) is 11.1. The molecule has 6 heteroatoms. The molecule has 0 unspecified atom stereocenters. The number of hydrogen-bond acceptors (Lipinski definition) is 4. The van der Waals surface area contributed by atoms with Crippen LogP contribution in [0, 0.1) is 5.82 Å². The fourth-order valence-electron chi connectivity index (χ4n) is 2.05. The van der Waals surface area contributed by atoms with Gasteiger partial charge in [0.2, 0.25) is 0 Å². The highest BCUT2D eigenvalue weighted by atomic mass is 19.1. The summed E-state index contributed by atoms with van der Waals surface area (Å²) in [5.41, 5.74) is 2.10. The van der Waals surface area contributed by atoms with Crippen molar-refractivity contribution in [2.75, 3.05) is 5.32 Å². The third-order valence-electron chi connectivity index (χ3n) is 3.02. The summed E-state index contributed by atoms with van der Waals surface area (Å²) in [6.45, 7) is 7.11. The van der Waals surface area contributed by atoms with Gasteiger partial charge in [-0.1, -0.05) is 13.2 Å². The average molecular weight is 281 g/mol. The fourth-order valence-corrected chi connectivity index (χ4v) is 2.05. The maximum atomic E-state index is 13.9. The smallest absolute Gasteiger partial charge is 0.166 e. The Morgan fingerprint density at radius 3 is 2.81 bits per heavy atom. The molecule has 0 aliphatic heterocycles. The number of hydrogen-bond donors (Lipinski definition) is 2. The molecule has 3 aromatic rings. The first-order chi connectivity index (χ1) is 10.2. The Morgan fingerprint density at radius 1 is 1.24 bits per heavy atom. The second-order valence-corrected chi connectivity index (χ2v) is 4.30. The lowest BCUT2D eigenvalue weighted by Gasteiger charge is -2.04. The van der Waals surface area contributed by atoms with Crippen molar-refractivity contribution in [3.05, 3.63) is 55.7 Å². The largest absolute Gasteiger partial charge is 0.345 e. The van der Waals surface area contributed by atoms with Crippen molar-refractivity contribution in [3.8, 4) is 11.1 Å². The van der Waals surface area contributed by atoms with Crippen molar-refractivity contribution in [3.63, 3.8) is 0 Å². The quantitative estimate of drug-likeness (QED) is 0.769. The summed E-state index contributed by atoms with van der Waals surface area (Å²) in [6, 6.07) is 1.41. The van der Waals surface area contributed by atoms with E-state index in [9.17, 15) is 4.39 Å². The van der Waals surface area contributed by atoms with E-state index in [1.54, 1.807) is 24.7 Å². The summed E-state index contributed by atoms with van der Waals surface area (Å²) < 4.78 is 13.9. The molecule has 3 rings (SSSR count). The first kappa shape index (κ1) is 13.0. The highest BCUT2D eigenvalue weighted by molar-refractivity contribution is 5.93. The Hall–Kier alpha value is -3.02. The van der Waals surface area contributed by atoms with Crippen LogP contribution < -0.4 is 5.32 Å². The second kappa shape index (κ2) is 5.16. The van der Waals surface area contributed by atoms with E-state index in [4.69, 9.17) is 0 Å². The van der Waals surface area contributed by atoms with E-state index >= 15 is 0 Å². The number of halogens is 1. The number of fused-ring (bicyclic) bond motifs is 1. The molecule has 0 spiro atoms. The first-order valence-electron chi connectivity index (χ1n) is 6.23. The van der Waals surface area contributed by atoms with Crippen LogP contribution in [0.2, 0.25) is 0 Å². The van der Waals surface area contributed by atoms with Crippen molar-refractivity contribution in [2.24, 2.45) is 0 Å². The van der Waals surface area contributed by atoms with Crippen LogP contribution in [0.25, 0.3) is 28.2 Å². The van der Waals surface area contributed by atoms with E-state index in [1.165, 1.54) is 12.3 Å². The van der Waals surface area contributed by atoms with Crippen LogP contribution in [-0.2, 0) is 0 Å². The first-order valence-corrected chi connectivity index (χ1v) is 6.23. The average Bonchev–Trinajstić information content (AvgIpc) is 2.92. The molecule has 0 aliphatic rings. The SMILES string of the molecule is C=CNc1ncc(-c2c[nH]c3nc(C=C)ncc23)cc1F. The zero-order valence-electron chi connectivity index (χ0n) is 11.1. The van der Waals surface area contributed by atoms with Gasteiger partial charge in [-0.25, -0.2) is 19.3 Å². The van der Waals surface area contributed by atoms with Gasteiger partial charge in [-0.2, -0.15) is 0 Å². The minimum absolute atomic E-state index is 0.138. The van der Waals surface area contributed by atoms with E-state index in [1.807, 2.05) is 0 Å². The van der Waals surface area contributed by atoms with Gasteiger partial charge >= 0.3 is 0 Å². The molecule has 5 nitrogen and oxygen atoms in total. The van der Waals surface area contributed by atoms with Crippen LogP contribution in [0.3, 0.4) is 0 Å². The molecule has 3 heterocycles. The van der Waals surface area contributed by atoms with Gasteiger partial charge in [0.05, 0.1) is 0 Å². The summed E-state index contributed by atoms with van der Waals surface area (Å²) >= 11 is 0. The van der Waals surface area contributed by atoms with Gasteiger partial charge in [0, 0.05) is 35.1 Å². The van der Waals surface area contributed by atoms with E-state index in [-0.39, 0.29) is 5.82 Å². The maximum Gasteiger partial charge on any atom is 0.166 e. The third-order valence-corrected chi connectivity index (χ3v) is 3.02. The Labute approximate surface area is 120 Å². The molecule has 21 heavy (non-hydrogen) atoms. The Kier molecular flexibility index (Phi) is 3.19. The minimum atomic E-state index is -0.453. The lowest BCUT2D eigenvalue weighted by Crippen LogP contribution is -1.95. The molecule has 0 bridgehead atoms. The molecule has 0 saturated heterocycles. The predicted molar refractivity (Wildman–Crippen MR) is 81.0 cm³/mol. The van der Waals surface area contributed by atoms with Gasteiger partial charge < -0.3 is 10.3 Å². The van der Waals surface area contributed by atoms with Crippen molar-refractivity contribution in [2.45, 2.75) is 0 Å². The molecule has 104 valence electrons. The Bertz CT molecular complexity index is 837. The topological polar surface area (TPSA) is 66.5 Å². The lowest BCUT2D eigenvalue weighted by molar-refractivity contribution is 0.627. The van der Waals surface area contributed by atoms with E-state index < -0.39 is 5.82 Å². The van der Waals surface area contributed by atoms with Crippen molar-refractivity contribution < 1.29 is 4.39 Å². The van der Waals surface area contributed by atoms with Gasteiger partial charge in [0.1, 0.15) is 5.65 Å². The molecular weight excluding hydrogens is 269 g/mol. The molecule has 3 aromatic heterocycles. The van der Waals surface area contributed by atoms with Crippen LogP contribution >= 0.6 is 0 Å². The van der Waals surface area contributed by atoms with Crippen molar-refractivity contribution >= 4 is 22.9 Å². The van der Waals surface area contributed by atoms with Crippen molar-refractivity contribution in [1.82, 2.24) is 19.9 Å². The molecule has 0 radical (unpaired) electrons. The normalized spacial score (nSPS) is 10.5. The number of rotatable bonds is 4. The fraction of sp³-hybridized carbons (Fsp3) is 0. The standard InChI is InChI=1S/C15H12FN5/c1-3-13-18-8-11-10(7-20-14(11)21-13)9-5-12(16)15(17-4-2)19-6-9/h3-8H,1-2H2,(H,17,19)(H,18,20,21). The molecule has 2 N–H and O–H groups in total. The van der Waals surface area contributed by atoms with Crippen LogP contribution in [0.15, 0.2) is 44.0 Å². The molecule has 0 fully saturated rings. The summed E-state index contributed by atoms with van der Waals surface area (Å²) in [4.78, 5) is 15.5. The number of nitrogens with one attached hydrogen (secondary N) is 2. The lowest BCUT2D eigenvalue weighted by atomic mass is 10.1. The van der Waals surface area contributed by atoms with Gasteiger partial charge in [-0.05, 0) is 18.3 Å². The maximum absolute atomic E-state index is 13.9. The number of anilines is 1. The van der Waals surface area contributed by atoms with Crippen molar-refractivity contribution in [1.29, 1.82) is 0 Å². The summed E-state index contributed by atoms with van der Waals surface area (Å²) in [7, 11) is 0. The van der Waals surface area contributed by atoms with Gasteiger partial charge in [-0.3, -0.25) is 0 Å². The van der Waals surface area contributed by atoms with E-state index in [2.05, 4.69) is 38.4 Å². The number of aromatic amines is 1. The van der Waals surface area contributed by atoms with Crippen LogP contribution in [-0.4, -0.2) is 19.9 Å². The molecule has 0 aromatic carbocycles. The number of H-pyrrole nitrogens is 1. The van der Waals surface area contributed by atoms with Crippen LogP contribution in [0.4, 0.5) is 10.2 Å². The van der Waals surface area contributed by atoms with Gasteiger partial charge in [0.25, 0.3) is 0 Å². The number of aromatic nitrogens is 4. The monoisotopic (exact) mass is 281 g/mol. The summed E-state index contributed by atoms with van der Waals surface area (Å²) in [5, 5.41) is 3.43. The summed E-state index contributed by atoms with van der Waals surface area (Å²) in [6.07, 6.45) is 7.96. The zero-order chi connectivity index (χ0) is 14.8. The van der Waals surface area contributed by atoms with Gasteiger partial charge in [0.15, 0.2) is 17.5 Å². The van der Waals surface area contributed by atoms with Gasteiger partial charge in [-0.15, -0.1) is 0 Å². The minimum Gasteiger partial charge on any atom is -0.345 e. The van der Waals surface area contributed by atoms with E-state index in [0.717, 1.165) is 10.9 Å². The summed E-state index contributed by atoms with van der Waals surface area (Å²) in [5.74, 6) is 0.218. The molecule has 0 saturated carbocycles. The van der Waals surface area contributed by atoms with Crippen LogP contribution in [0.5, 0.6) is 0 Å². The van der Waals surface area contributed by atoms with Crippen LogP contribution in [0.1, 0.15) is 5.82 Å². The third kappa shape index (κ3) is 2.27. The Balaban J connectivity index is 2.10. The second-order valence-electron chi connectivity index (χ2n) is 4.30. The number of nitrogens with zero attached hydrogens (tertiary/aromatic N) is 3. The molecule has 0 aliphatic carbocycles. The molecule has 0 amide bonds. The Morgan fingerprint density at radius 2 is 2.10 bits per heavy atom. The molecule has 0 atom stereocenters. The van der Waals surface area contributed by atoms with E-state index in [0.29, 0.717) is 17.0 Å². The predicted octanol–water partition coefficient (Wildman–Crippen LogP) is 3.36. The highest BCUT2D eigenvalue weighted by Gasteiger charge is 2.11. The number of pyridine rings is 1. The highest BCUT2D eigenvalue weighted by Crippen LogP contribution is 2.28. The molecular formula is C15H12FN5.